The van der Waals surface area contributed by atoms with Crippen molar-refractivity contribution in [1.82, 2.24) is 4.72 Å². The first kappa shape index (κ1) is 17.1. The summed E-state index contributed by atoms with van der Waals surface area (Å²) >= 11 is 0. The van der Waals surface area contributed by atoms with Crippen LogP contribution in [0.2, 0.25) is 0 Å². The van der Waals surface area contributed by atoms with Gasteiger partial charge in [-0.2, -0.15) is 0 Å². The lowest BCUT2D eigenvalue weighted by molar-refractivity contribution is 0.0554. The van der Waals surface area contributed by atoms with Gasteiger partial charge in [-0.1, -0.05) is 31.0 Å². The van der Waals surface area contributed by atoms with E-state index in [1.165, 1.54) is 0 Å². The molecule has 1 rings (SSSR count). The molecule has 0 saturated carbocycles. The van der Waals surface area contributed by atoms with Crippen LogP contribution >= 0.6 is 0 Å². The summed E-state index contributed by atoms with van der Waals surface area (Å²) in [4.78, 5) is 0.315. The lowest BCUT2D eigenvalue weighted by atomic mass is 10.0. The van der Waals surface area contributed by atoms with E-state index in [-0.39, 0.29) is 6.54 Å². The highest BCUT2D eigenvalue weighted by Crippen LogP contribution is 2.22. The first-order chi connectivity index (χ1) is 9.09. The maximum atomic E-state index is 12.4. The molecule has 1 unspecified atom stereocenters. The van der Waals surface area contributed by atoms with E-state index in [2.05, 4.69) is 4.72 Å². The molecule has 1 atom stereocenters. The molecule has 0 saturated heterocycles. The zero-order valence-electron chi connectivity index (χ0n) is 12.9. The van der Waals surface area contributed by atoms with Crippen LogP contribution in [0, 0.1) is 20.8 Å². The molecule has 1 aromatic rings. The van der Waals surface area contributed by atoms with Crippen molar-refractivity contribution in [2.24, 2.45) is 0 Å². The normalized spacial score (nSPS) is 15.1. The number of nitrogens with one attached hydrogen (secondary N) is 1. The van der Waals surface area contributed by atoms with Gasteiger partial charge < -0.3 is 5.11 Å². The second-order valence-corrected chi connectivity index (χ2v) is 7.50. The van der Waals surface area contributed by atoms with Crippen molar-refractivity contribution < 1.29 is 13.5 Å². The summed E-state index contributed by atoms with van der Waals surface area (Å²) in [5.74, 6) is 0. The van der Waals surface area contributed by atoms with Crippen molar-refractivity contribution in [3.8, 4) is 0 Å². The van der Waals surface area contributed by atoms with Crippen molar-refractivity contribution in [3.05, 3.63) is 28.8 Å². The molecule has 0 aliphatic rings. The molecule has 0 heterocycles. The molecule has 4 nitrogen and oxygen atoms in total. The van der Waals surface area contributed by atoms with E-state index in [0.29, 0.717) is 11.3 Å². The highest BCUT2D eigenvalue weighted by Gasteiger charge is 2.25. The first-order valence-electron chi connectivity index (χ1n) is 6.89. The maximum Gasteiger partial charge on any atom is 0.241 e. The fourth-order valence-corrected chi connectivity index (χ4v) is 4.15. The van der Waals surface area contributed by atoms with Gasteiger partial charge in [0.15, 0.2) is 0 Å². The Kier molecular flexibility index (Phi) is 5.35. The van der Waals surface area contributed by atoms with Gasteiger partial charge in [-0.15, -0.1) is 0 Å². The molecule has 0 aliphatic carbocycles. The van der Waals surface area contributed by atoms with Crippen molar-refractivity contribution in [2.75, 3.05) is 6.54 Å². The minimum atomic E-state index is -3.60. The van der Waals surface area contributed by atoms with Gasteiger partial charge in [0.2, 0.25) is 10.0 Å². The molecule has 5 heteroatoms. The lowest BCUT2D eigenvalue weighted by Crippen LogP contribution is -2.40. The Balaban J connectivity index is 3.01. The molecule has 0 aliphatic heterocycles. The van der Waals surface area contributed by atoms with Gasteiger partial charge in [-0.25, -0.2) is 13.1 Å². The van der Waals surface area contributed by atoms with Crippen LogP contribution in [0.5, 0.6) is 0 Å². The Morgan fingerprint density at radius 2 is 1.70 bits per heavy atom. The number of benzene rings is 1. The Morgan fingerprint density at radius 1 is 1.20 bits per heavy atom. The largest absolute Gasteiger partial charge is 0.389 e. The molecule has 114 valence electrons. The molecule has 0 radical (unpaired) electrons. The number of aliphatic hydroxyl groups is 1. The van der Waals surface area contributed by atoms with Crippen LogP contribution < -0.4 is 4.72 Å². The van der Waals surface area contributed by atoms with Gasteiger partial charge in [0.05, 0.1) is 10.5 Å². The number of aryl methyl sites for hydroxylation is 3. The van der Waals surface area contributed by atoms with Crippen LogP contribution in [0.4, 0.5) is 0 Å². The van der Waals surface area contributed by atoms with Crippen molar-refractivity contribution in [1.29, 1.82) is 0 Å². The zero-order valence-corrected chi connectivity index (χ0v) is 13.8. The Morgan fingerprint density at radius 3 is 2.15 bits per heavy atom. The van der Waals surface area contributed by atoms with Crippen molar-refractivity contribution in [2.45, 2.75) is 58.0 Å². The van der Waals surface area contributed by atoms with E-state index < -0.39 is 15.6 Å². The van der Waals surface area contributed by atoms with Crippen LogP contribution in [0.25, 0.3) is 0 Å². The van der Waals surface area contributed by atoms with E-state index in [1.54, 1.807) is 20.8 Å². The molecule has 0 bridgehead atoms. The SMILES string of the molecule is CCCC(C)(O)CNS(=O)(=O)c1c(C)cc(C)cc1C. The minimum Gasteiger partial charge on any atom is -0.389 e. The first-order valence-corrected chi connectivity index (χ1v) is 8.37. The van der Waals surface area contributed by atoms with Gasteiger partial charge in [0, 0.05) is 6.54 Å². The van der Waals surface area contributed by atoms with Gasteiger partial charge >= 0.3 is 0 Å². The predicted molar refractivity (Wildman–Crippen MR) is 81.4 cm³/mol. The average Bonchev–Trinajstić information content (AvgIpc) is 2.24. The fourth-order valence-electron chi connectivity index (χ4n) is 2.54. The third-order valence-corrected chi connectivity index (χ3v) is 5.01. The van der Waals surface area contributed by atoms with E-state index in [9.17, 15) is 13.5 Å². The second kappa shape index (κ2) is 6.24. The summed E-state index contributed by atoms with van der Waals surface area (Å²) < 4.78 is 27.4. The molecule has 0 aromatic heterocycles. The Labute approximate surface area is 122 Å². The van der Waals surface area contributed by atoms with Crippen molar-refractivity contribution in [3.63, 3.8) is 0 Å². The third-order valence-electron chi connectivity index (χ3n) is 3.30. The van der Waals surface area contributed by atoms with Gasteiger partial charge in [-0.05, 0) is 45.2 Å². The smallest absolute Gasteiger partial charge is 0.241 e. The summed E-state index contributed by atoms with van der Waals surface area (Å²) in [5, 5.41) is 10.1. The number of sulfonamides is 1. The van der Waals surface area contributed by atoms with Gasteiger partial charge in [-0.3, -0.25) is 0 Å². The van der Waals surface area contributed by atoms with E-state index in [4.69, 9.17) is 0 Å². The molecule has 0 spiro atoms. The highest BCUT2D eigenvalue weighted by atomic mass is 32.2. The minimum absolute atomic E-state index is 0.0237. The standard InChI is InChI=1S/C15H25NO3S/c1-6-7-15(5,17)10-16-20(18,19)14-12(3)8-11(2)9-13(14)4/h8-9,16-17H,6-7,10H2,1-5H3. The van der Waals surface area contributed by atoms with E-state index in [1.807, 2.05) is 26.0 Å². The molecule has 1 aromatic carbocycles. The molecular weight excluding hydrogens is 274 g/mol. The number of rotatable bonds is 6. The quantitative estimate of drug-likeness (QED) is 0.848. The van der Waals surface area contributed by atoms with Crippen molar-refractivity contribution >= 4 is 10.0 Å². The van der Waals surface area contributed by atoms with Crippen LogP contribution in [0.1, 0.15) is 43.4 Å². The number of hydrogen-bond donors (Lipinski definition) is 2. The van der Waals surface area contributed by atoms with E-state index >= 15 is 0 Å². The number of hydrogen-bond acceptors (Lipinski definition) is 3. The third kappa shape index (κ3) is 4.30. The molecule has 0 fully saturated rings. The fraction of sp³-hybridized carbons (Fsp3) is 0.600. The summed E-state index contributed by atoms with van der Waals surface area (Å²) in [6.45, 7) is 9.15. The highest BCUT2D eigenvalue weighted by molar-refractivity contribution is 7.89. The van der Waals surface area contributed by atoms with Crippen LogP contribution in [-0.4, -0.2) is 25.7 Å². The van der Waals surface area contributed by atoms with Crippen LogP contribution in [0.3, 0.4) is 0 Å². The van der Waals surface area contributed by atoms with Gasteiger partial charge in [0.1, 0.15) is 0 Å². The summed E-state index contributed by atoms with van der Waals surface area (Å²) in [7, 11) is -3.60. The Bertz CT molecular complexity index is 554. The average molecular weight is 299 g/mol. The summed E-state index contributed by atoms with van der Waals surface area (Å²) in [6, 6.07) is 3.71. The Hall–Kier alpha value is -0.910. The predicted octanol–water partition coefficient (Wildman–Crippen LogP) is 2.44. The monoisotopic (exact) mass is 299 g/mol. The molecular formula is C15H25NO3S. The van der Waals surface area contributed by atoms with Crippen LogP contribution in [-0.2, 0) is 10.0 Å². The summed E-state index contributed by atoms with van der Waals surface area (Å²) in [6.07, 6.45) is 1.36. The summed E-state index contributed by atoms with van der Waals surface area (Å²) in [5.41, 5.74) is 1.47. The van der Waals surface area contributed by atoms with E-state index in [0.717, 1.165) is 23.1 Å². The lowest BCUT2D eigenvalue weighted by Gasteiger charge is -2.23. The van der Waals surface area contributed by atoms with Crippen LogP contribution in [0.15, 0.2) is 17.0 Å². The molecule has 2 N–H and O–H groups in total. The molecule has 20 heavy (non-hydrogen) atoms. The zero-order chi connectivity index (χ0) is 15.6. The second-order valence-electron chi connectivity index (χ2n) is 5.80. The maximum absolute atomic E-state index is 12.4. The molecule has 0 amide bonds. The topological polar surface area (TPSA) is 66.4 Å². The van der Waals surface area contributed by atoms with Gasteiger partial charge in [0.25, 0.3) is 0 Å².